The second-order valence-corrected chi connectivity index (χ2v) is 3.91. The number of hydrogen-bond donors (Lipinski definition) is 2. The van der Waals surface area contributed by atoms with Crippen LogP contribution in [0.4, 0.5) is 0 Å². The van der Waals surface area contributed by atoms with E-state index in [1.165, 1.54) is 18.4 Å². The van der Waals surface area contributed by atoms with Gasteiger partial charge in [0.15, 0.2) is 0 Å². The highest BCUT2D eigenvalue weighted by Crippen LogP contribution is 2.11. The molecular formula is C13H22N2. The van der Waals surface area contributed by atoms with E-state index in [1.807, 2.05) is 18.2 Å². The van der Waals surface area contributed by atoms with Gasteiger partial charge in [0.25, 0.3) is 0 Å². The predicted octanol–water partition coefficient (Wildman–Crippen LogP) is 2.47. The third kappa shape index (κ3) is 4.96. The lowest BCUT2D eigenvalue weighted by Crippen LogP contribution is -2.21. The predicted molar refractivity (Wildman–Crippen MR) is 65.8 cm³/mol. The van der Waals surface area contributed by atoms with Crippen molar-refractivity contribution in [3.05, 3.63) is 35.9 Å². The van der Waals surface area contributed by atoms with Gasteiger partial charge in [0.1, 0.15) is 0 Å². The van der Waals surface area contributed by atoms with Gasteiger partial charge < -0.3 is 11.1 Å². The summed E-state index contributed by atoms with van der Waals surface area (Å²) in [5, 5.41) is 3.41. The average molecular weight is 206 g/mol. The van der Waals surface area contributed by atoms with Crippen LogP contribution in [0.25, 0.3) is 0 Å². The molecule has 15 heavy (non-hydrogen) atoms. The van der Waals surface area contributed by atoms with Crippen molar-refractivity contribution < 1.29 is 0 Å². The quantitative estimate of drug-likeness (QED) is 0.673. The summed E-state index contributed by atoms with van der Waals surface area (Å²) in [5.74, 6) is 0. The summed E-state index contributed by atoms with van der Waals surface area (Å²) < 4.78 is 0. The molecule has 0 aliphatic rings. The van der Waals surface area contributed by atoms with Crippen molar-refractivity contribution in [1.29, 1.82) is 0 Å². The third-order valence-electron chi connectivity index (χ3n) is 2.57. The van der Waals surface area contributed by atoms with Crippen LogP contribution in [0, 0.1) is 0 Å². The van der Waals surface area contributed by atoms with E-state index in [0.29, 0.717) is 0 Å². The number of benzene rings is 1. The van der Waals surface area contributed by atoms with E-state index in [2.05, 4.69) is 24.4 Å². The van der Waals surface area contributed by atoms with Gasteiger partial charge in [-0.15, -0.1) is 0 Å². The molecule has 0 aromatic heterocycles. The van der Waals surface area contributed by atoms with Crippen LogP contribution >= 0.6 is 0 Å². The zero-order valence-corrected chi connectivity index (χ0v) is 9.58. The maximum absolute atomic E-state index is 6.07. The molecule has 1 aromatic rings. The number of nitrogens with one attached hydrogen (secondary N) is 1. The standard InChI is InChI=1S/C13H22N2/c1-2-3-10-15-11-9-13(14)12-7-5-4-6-8-12/h4-8,13,15H,2-3,9-11,14H2,1H3. The first-order chi connectivity index (χ1) is 7.34. The molecule has 1 rings (SSSR count). The molecule has 1 unspecified atom stereocenters. The summed E-state index contributed by atoms with van der Waals surface area (Å²) >= 11 is 0. The molecule has 0 radical (unpaired) electrons. The molecule has 0 bridgehead atoms. The van der Waals surface area contributed by atoms with Crippen molar-refractivity contribution in [2.75, 3.05) is 13.1 Å². The molecule has 0 fully saturated rings. The zero-order valence-electron chi connectivity index (χ0n) is 9.58. The molecule has 0 saturated heterocycles. The molecule has 0 amide bonds. The molecule has 2 heteroatoms. The molecular weight excluding hydrogens is 184 g/mol. The maximum Gasteiger partial charge on any atom is 0.0306 e. The molecule has 84 valence electrons. The van der Waals surface area contributed by atoms with E-state index in [1.54, 1.807) is 0 Å². The summed E-state index contributed by atoms with van der Waals surface area (Å²) in [7, 11) is 0. The molecule has 0 saturated carbocycles. The molecule has 0 spiro atoms. The van der Waals surface area contributed by atoms with Crippen molar-refractivity contribution in [3.63, 3.8) is 0 Å². The van der Waals surface area contributed by atoms with Crippen molar-refractivity contribution >= 4 is 0 Å². The van der Waals surface area contributed by atoms with Gasteiger partial charge in [-0.3, -0.25) is 0 Å². The van der Waals surface area contributed by atoms with Crippen molar-refractivity contribution in [2.45, 2.75) is 32.2 Å². The van der Waals surface area contributed by atoms with E-state index >= 15 is 0 Å². The van der Waals surface area contributed by atoms with Gasteiger partial charge in [0.2, 0.25) is 0 Å². The second kappa shape index (κ2) is 7.43. The highest BCUT2D eigenvalue weighted by atomic mass is 14.8. The molecule has 1 aromatic carbocycles. The first-order valence-electron chi connectivity index (χ1n) is 5.86. The van der Waals surface area contributed by atoms with Crippen LogP contribution in [-0.2, 0) is 0 Å². The number of nitrogens with two attached hydrogens (primary N) is 1. The molecule has 1 atom stereocenters. The first-order valence-corrected chi connectivity index (χ1v) is 5.86. The van der Waals surface area contributed by atoms with Gasteiger partial charge in [-0.05, 0) is 31.5 Å². The lowest BCUT2D eigenvalue weighted by molar-refractivity contribution is 0.566. The largest absolute Gasteiger partial charge is 0.324 e. The Labute approximate surface area is 92.9 Å². The molecule has 0 aliphatic heterocycles. The molecule has 0 heterocycles. The number of rotatable bonds is 7. The molecule has 2 nitrogen and oxygen atoms in total. The van der Waals surface area contributed by atoms with E-state index < -0.39 is 0 Å². The van der Waals surface area contributed by atoms with E-state index in [4.69, 9.17) is 5.73 Å². The van der Waals surface area contributed by atoms with Crippen LogP contribution in [-0.4, -0.2) is 13.1 Å². The Bertz CT molecular complexity index is 246. The molecule has 3 N–H and O–H groups in total. The maximum atomic E-state index is 6.07. The Balaban J connectivity index is 2.16. The minimum atomic E-state index is 0.167. The Hall–Kier alpha value is -0.860. The summed E-state index contributed by atoms with van der Waals surface area (Å²) in [6, 6.07) is 10.5. The lowest BCUT2D eigenvalue weighted by Gasteiger charge is -2.12. The van der Waals surface area contributed by atoms with Gasteiger partial charge in [0.05, 0.1) is 0 Å². The van der Waals surface area contributed by atoms with Gasteiger partial charge in [0, 0.05) is 6.04 Å². The van der Waals surface area contributed by atoms with Crippen LogP contribution in [0.1, 0.15) is 37.8 Å². The summed E-state index contributed by atoms with van der Waals surface area (Å²) in [4.78, 5) is 0. The minimum absolute atomic E-state index is 0.167. The number of hydrogen-bond acceptors (Lipinski definition) is 2. The van der Waals surface area contributed by atoms with E-state index in [-0.39, 0.29) is 6.04 Å². The van der Waals surface area contributed by atoms with Gasteiger partial charge in [-0.25, -0.2) is 0 Å². The van der Waals surface area contributed by atoms with Crippen LogP contribution in [0.2, 0.25) is 0 Å². The Morgan fingerprint density at radius 2 is 1.93 bits per heavy atom. The third-order valence-corrected chi connectivity index (χ3v) is 2.57. The first kappa shape index (κ1) is 12.2. The Morgan fingerprint density at radius 3 is 2.60 bits per heavy atom. The lowest BCUT2D eigenvalue weighted by atomic mass is 10.1. The summed E-state index contributed by atoms with van der Waals surface area (Å²) in [5.41, 5.74) is 7.30. The Morgan fingerprint density at radius 1 is 1.20 bits per heavy atom. The fourth-order valence-corrected chi connectivity index (χ4v) is 1.55. The van der Waals surface area contributed by atoms with Crippen molar-refractivity contribution in [2.24, 2.45) is 5.73 Å². The monoisotopic (exact) mass is 206 g/mol. The van der Waals surface area contributed by atoms with Gasteiger partial charge in [-0.2, -0.15) is 0 Å². The fraction of sp³-hybridized carbons (Fsp3) is 0.538. The van der Waals surface area contributed by atoms with E-state index in [0.717, 1.165) is 19.5 Å². The Kier molecular flexibility index (Phi) is 6.05. The summed E-state index contributed by atoms with van der Waals surface area (Å²) in [6.07, 6.45) is 3.51. The number of unbranched alkanes of at least 4 members (excludes halogenated alkanes) is 1. The fourth-order valence-electron chi connectivity index (χ4n) is 1.55. The second-order valence-electron chi connectivity index (χ2n) is 3.91. The minimum Gasteiger partial charge on any atom is -0.324 e. The van der Waals surface area contributed by atoms with E-state index in [9.17, 15) is 0 Å². The highest BCUT2D eigenvalue weighted by Gasteiger charge is 2.03. The van der Waals surface area contributed by atoms with Crippen LogP contribution in [0.3, 0.4) is 0 Å². The van der Waals surface area contributed by atoms with Crippen LogP contribution < -0.4 is 11.1 Å². The van der Waals surface area contributed by atoms with Crippen LogP contribution in [0.5, 0.6) is 0 Å². The average Bonchev–Trinajstić information content (AvgIpc) is 2.30. The smallest absolute Gasteiger partial charge is 0.0306 e. The normalized spacial score (nSPS) is 12.7. The topological polar surface area (TPSA) is 38.0 Å². The summed E-state index contributed by atoms with van der Waals surface area (Å²) in [6.45, 7) is 4.32. The van der Waals surface area contributed by atoms with Gasteiger partial charge >= 0.3 is 0 Å². The highest BCUT2D eigenvalue weighted by molar-refractivity contribution is 5.18. The van der Waals surface area contributed by atoms with Crippen LogP contribution in [0.15, 0.2) is 30.3 Å². The van der Waals surface area contributed by atoms with Crippen molar-refractivity contribution in [1.82, 2.24) is 5.32 Å². The zero-order chi connectivity index (χ0) is 10.9. The molecule has 0 aliphatic carbocycles. The SMILES string of the molecule is CCCCNCCC(N)c1ccccc1. The van der Waals surface area contributed by atoms with Crippen molar-refractivity contribution in [3.8, 4) is 0 Å². The van der Waals surface area contributed by atoms with Gasteiger partial charge in [-0.1, -0.05) is 43.7 Å².